The largest absolute Gasteiger partial charge is 0.332 e. The Hall–Kier alpha value is -3.36. The number of thiazole rings is 1. The molecule has 0 fully saturated rings. The first-order chi connectivity index (χ1) is 14.1. The maximum atomic E-state index is 10.9. The van der Waals surface area contributed by atoms with Crippen LogP contribution in [0.15, 0.2) is 72.9 Å². The molecule has 0 aliphatic carbocycles. The van der Waals surface area contributed by atoms with Crippen molar-refractivity contribution in [1.29, 1.82) is 0 Å². The Morgan fingerprint density at radius 1 is 1.07 bits per heavy atom. The number of aromatic nitrogens is 1. The van der Waals surface area contributed by atoms with Gasteiger partial charge in [-0.1, -0.05) is 48.5 Å². The van der Waals surface area contributed by atoms with Crippen LogP contribution in [0.5, 0.6) is 0 Å². The lowest BCUT2D eigenvalue weighted by Gasteiger charge is -2.11. The summed E-state index contributed by atoms with van der Waals surface area (Å²) in [5, 5.41) is 20.6. The van der Waals surface area contributed by atoms with Gasteiger partial charge < -0.3 is 10.6 Å². The van der Waals surface area contributed by atoms with Crippen molar-refractivity contribution < 1.29 is 4.92 Å². The van der Waals surface area contributed by atoms with Gasteiger partial charge in [-0.15, -0.1) is 11.3 Å². The van der Waals surface area contributed by atoms with Gasteiger partial charge in [0.2, 0.25) is 0 Å². The molecule has 4 aromatic rings. The monoisotopic (exact) mass is 420 g/mol. The van der Waals surface area contributed by atoms with Crippen LogP contribution in [0.1, 0.15) is 10.4 Å². The molecule has 6 nitrogen and oxygen atoms in total. The van der Waals surface area contributed by atoms with E-state index in [1.54, 1.807) is 18.3 Å². The van der Waals surface area contributed by atoms with Crippen molar-refractivity contribution in [2.75, 3.05) is 10.6 Å². The molecular weight excluding hydrogens is 404 g/mol. The number of nitro groups is 1. The van der Waals surface area contributed by atoms with Crippen molar-refractivity contribution in [1.82, 2.24) is 4.98 Å². The molecule has 0 unspecified atom stereocenters. The first kappa shape index (κ1) is 19.0. The van der Waals surface area contributed by atoms with Crippen LogP contribution in [0, 0.1) is 10.1 Å². The topological polar surface area (TPSA) is 80.1 Å². The third kappa shape index (κ3) is 4.56. The Bertz CT molecular complexity index is 1200. The van der Waals surface area contributed by atoms with E-state index in [0.717, 1.165) is 26.9 Å². The first-order valence-corrected chi connectivity index (χ1v) is 10.0. The van der Waals surface area contributed by atoms with Crippen molar-refractivity contribution in [3.8, 4) is 0 Å². The molecule has 29 heavy (non-hydrogen) atoms. The average Bonchev–Trinajstić information content (AvgIpc) is 3.15. The van der Waals surface area contributed by atoms with E-state index < -0.39 is 0 Å². The molecule has 0 aliphatic heterocycles. The van der Waals surface area contributed by atoms with E-state index in [2.05, 4.69) is 27.8 Å². The number of nitrogens with one attached hydrogen (secondary N) is 2. The minimum atomic E-state index is -0.388. The van der Waals surface area contributed by atoms with Crippen molar-refractivity contribution >= 4 is 55.9 Å². The molecule has 4 rings (SSSR count). The third-order valence-electron chi connectivity index (χ3n) is 4.31. The Labute approximate surface area is 176 Å². The molecule has 144 valence electrons. The number of nitro benzene ring substituents is 1. The molecule has 0 radical (unpaired) electrons. The van der Waals surface area contributed by atoms with E-state index in [-0.39, 0.29) is 10.6 Å². The zero-order valence-corrected chi connectivity index (χ0v) is 16.8. The van der Waals surface area contributed by atoms with Crippen LogP contribution in [-0.4, -0.2) is 15.0 Å². The van der Waals surface area contributed by atoms with Crippen molar-refractivity contribution in [3.05, 3.63) is 93.5 Å². The van der Waals surface area contributed by atoms with Gasteiger partial charge in [-0.2, -0.15) is 0 Å². The second-order valence-electron chi connectivity index (χ2n) is 6.34. The van der Waals surface area contributed by atoms with E-state index in [0.29, 0.717) is 16.7 Å². The summed E-state index contributed by atoms with van der Waals surface area (Å²) in [4.78, 5) is 15.9. The molecule has 0 aliphatic rings. The van der Waals surface area contributed by atoms with Crippen LogP contribution in [0.2, 0.25) is 0 Å². The highest BCUT2D eigenvalue weighted by atomic mass is 32.1. The maximum absolute atomic E-state index is 10.9. The summed E-state index contributed by atoms with van der Waals surface area (Å²) >= 11 is 6.90. The van der Waals surface area contributed by atoms with Gasteiger partial charge in [-0.25, -0.2) is 4.98 Å². The summed E-state index contributed by atoms with van der Waals surface area (Å²) < 4.78 is 0. The van der Waals surface area contributed by atoms with Crippen LogP contribution in [0.3, 0.4) is 0 Å². The Morgan fingerprint density at radius 3 is 2.72 bits per heavy atom. The fourth-order valence-corrected chi connectivity index (χ4v) is 4.14. The molecule has 0 saturated carbocycles. The predicted octanol–water partition coefficient (Wildman–Crippen LogP) is 5.60. The first-order valence-electron chi connectivity index (χ1n) is 8.82. The third-order valence-corrected chi connectivity index (χ3v) is 5.43. The highest BCUT2D eigenvalue weighted by Gasteiger charge is 2.09. The Morgan fingerprint density at radius 2 is 1.86 bits per heavy atom. The minimum Gasteiger partial charge on any atom is -0.332 e. The fourth-order valence-electron chi connectivity index (χ4n) is 3.01. The number of hydrogen-bond acceptors (Lipinski definition) is 5. The lowest BCUT2D eigenvalue weighted by molar-refractivity contribution is -0.384. The zero-order valence-electron chi connectivity index (χ0n) is 15.2. The number of rotatable bonds is 5. The lowest BCUT2D eigenvalue weighted by Crippen LogP contribution is -2.19. The molecule has 0 spiro atoms. The number of non-ortho nitro benzene ring substituents is 1. The van der Waals surface area contributed by atoms with Gasteiger partial charge in [0.15, 0.2) is 10.2 Å². The number of hydrogen-bond donors (Lipinski definition) is 2. The van der Waals surface area contributed by atoms with E-state index in [1.165, 1.54) is 17.4 Å². The zero-order chi connectivity index (χ0) is 20.2. The highest BCUT2D eigenvalue weighted by Crippen LogP contribution is 2.25. The Kier molecular flexibility index (Phi) is 5.46. The van der Waals surface area contributed by atoms with Crippen LogP contribution >= 0.6 is 23.6 Å². The van der Waals surface area contributed by atoms with Crippen LogP contribution in [0.25, 0.3) is 10.8 Å². The van der Waals surface area contributed by atoms with Crippen LogP contribution < -0.4 is 10.6 Å². The summed E-state index contributed by atoms with van der Waals surface area (Å²) in [6.07, 6.45) is 2.33. The lowest BCUT2D eigenvalue weighted by atomic mass is 10.1. The van der Waals surface area contributed by atoms with Crippen molar-refractivity contribution in [2.24, 2.45) is 0 Å². The molecule has 0 bridgehead atoms. The molecule has 1 aromatic heterocycles. The predicted molar refractivity (Wildman–Crippen MR) is 122 cm³/mol. The summed E-state index contributed by atoms with van der Waals surface area (Å²) in [6, 6.07) is 20.7. The molecule has 8 heteroatoms. The molecule has 1 heterocycles. The van der Waals surface area contributed by atoms with Crippen molar-refractivity contribution in [3.63, 3.8) is 0 Å². The van der Waals surface area contributed by atoms with Gasteiger partial charge in [0.1, 0.15) is 0 Å². The van der Waals surface area contributed by atoms with Gasteiger partial charge >= 0.3 is 0 Å². The summed E-state index contributed by atoms with van der Waals surface area (Å²) in [7, 11) is 0. The number of anilines is 2. The van der Waals surface area contributed by atoms with Crippen LogP contribution in [-0.2, 0) is 6.42 Å². The molecule has 0 atom stereocenters. The number of nitrogens with zero attached hydrogens (tertiary/aromatic N) is 2. The molecule has 0 saturated heterocycles. The Balaban J connectivity index is 1.43. The normalized spacial score (nSPS) is 10.6. The molecule has 3 aromatic carbocycles. The number of thiocarbonyl (C=S) groups is 1. The average molecular weight is 421 g/mol. The van der Waals surface area contributed by atoms with Gasteiger partial charge in [0.05, 0.1) is 4.92 Å². The minimum absolute atomic E-state index is 0.0887. The fraction of sp³-hybridized carbons (Fsp3) is 0.0476. The quantitative estimate of drug-likeness (QED) is 0.248. The maximum Gasteiger partial charge on any atom is 0.269 e. The second kappa shape index (κ2) is 8.34. The number of benzene rings is 3. The second-order valence-corrected chi connectivity index (χ2v) is 7.86. The molecule has 2 N–H and O–H groups in total. The standard InChI is InChI=1S/C21H16N4O2S2/c26-25(27)16-8-3-5-14(11-16)12-17-13-22-21(29-17)24-20(28)23-19-10-4-7-15-6-1-2-9-18(15)19/h1-11,13H,12H2,(H2,22,23,24,28). The van der Waals surface area contributed by atoms with Gasteiger partial charge in [0, 0.05) is 40.7 Å². The summed E-state index contributed by atoms with van der Waals surface area (Å²) in [6.45, 7) is 0. The van der Waals surface area contributed by atoms with Gasteiger partial charge in [-0.05, 0) is 29.2 Å². The van der Waals surface area contributed by atoms with Gasteiger partial charge in [0.25, 0.3) is 5.69 Å². The van der Waals surface area contributed by atoms with E-state index in [1.807, 2.05) is 36.4 Å². The van der Waals surface area contributed by atoms with Crippen molar-refractivity contribution in [2.45, 2.75) is 6.42 Å². The molecule has 0 amide bonds. The smallest absolute Gasteiger partial charge is 0.269 e. The summed E-state index contributed by atoms with van der Waals surface area (Å²) in [5.74, 6) is 0. The molecular formula is C21H16N4O2S2. The SMILES string of the molecule is O=[N+]([O-])c1cccc(Cc2cnc(NC(=S)Nc3cccc4ccccc34)s2)c1. The van der Waals surface area contributed by atoms with Crippen LogP contribution in [0.4, 0.5) is 16.5 Å². The van der Waals surface area contributed by atoms with E-state index in [4.69, 9.17) is 12.2 Å². The highest BCUT2D eigenvalue weighted by molar-refractivity contribution is 7.80. The summed E-state index contributed by atoms with van der Waals surface area (Å²) in [5.41, 5.74) is 1.88. The van der Waals surface area contributed by atoms with E-state index in [9.17, 15) is 10.1 Å². The van der Waals surface area contributed by atoms with Gasteiger partial charge in [-0.3, -0.25) is 10.1 Å². The number of fused-ring (bicyclic) bond motifs is 1. The van der Waals surface area contributed by atoms with E-state index >= 15 is 0 Å².